The Kier molecular flexibility index (Phi) is 8.12. The van der Waals surface area contributed by atoms with Gasteiger partial charge in [0, 0.05) is 22.3 Å². The third-order valence-electron chi connectivity index (χ3n) is 10.2. The molecule has 0 radical (unpaired) electrons. The molecule has 0 bridgehead atoms. The van der Waals surface area contributed by atoms with E-state index in [4.69, 9.17) is 0 Å². The lowest BCUT2D eigenvalue weighted by atomic mass is 9.43. The molecular formula is C35H48O7. The SMILES string of the molecule is CC(=O)C1=C(O)[C@]2(O)C(=O)C3=C(O)c4c(O)c(CCCCC(C)C)cc(C(C)C)c4C[C@]3(C)C[C@]2(C)C(C(C)C)C1=O. The Balaban J connectivity index is 1.98. The van der Waals surface area contributed by atoms with Crippen LogP contribution in [0.15, 0.2) is 23.0 Å². The zero-order chi connectivity index (χ0) is 31.7. The van der Waals surface area contributed by atoms with Gasteiger partial charge in [-0.2, -0.15) is 0 Å². The first-order valence-electron chi connectivity index (χ1n) is 15.4. The van der Waals surface area contributed by atoms with E-state index in [0.29, 0.717) is 24.3 Å². The number of hydrogen-bond acceptors (Lipinski definition) is 7. The average molecular weight is 581 g/mol. The molecular weight excluding hydrogens is 532 g/mol. The molecule has 7 heteroatoms. The molecule has 3 aliphatic rings. The van der Waals surface area contributed by atoms with Gasteiger partial charge in [0.1, 0.15) is 22.8 Å². The highest BCUT2D eigenvalue weighted by Gasteiger charge is 2.72. The summed E-state index contributed by atoms with van der Waals surface area (Å²) in [4.78, 5) is 40.8. The average Bonchev–Trinajstić information content (AvgIpc) is 2.84. The van der Waals surface area contributed by atoms with Crippen molar-refractivity contribution in [3.8, 4) is 5.75 Å². The molecule has 4 N–H and O–H groups in total. The van der Waals surface area contributed by atoms with E-state index in [9.17, 15) is 34.8 Å². The summed E-state index contributed by atoms with van der Waals surface area (Å²) >= 11 is 0. The van der Waals surface area contributed by atoms with Gasteiger partial charge in [-0.1, -0.05) is 74.3 Å². The quantitative estimate of drug-likeness (QED) is 0.199. The van der Waals surface area contributed by atoms with E-state index >= 15 is 0 Å². The molecule has 230 valence electrons. The number of unbranched alkanes of at least 4 members (excludes halogenated alkanes) is 1. The molecule has 0 heterocycles. The smallest absolute Gasteiger partial charge is 0.203 e. The highest BCUT2D eigenvalue weighted by Crippen LogP contribution is 2.65. The summed E-state index contributed by atoms with van der Waals surface area (Å²) in [5, 5.41) is 47.0. The molecule has 0 saturated heterocycles. The topological polar surface area (TPSA) is 132 Å². The Bertz CT molecular complexity index is 1410. The fourth-order valence-corrected chi connectivity index (χ4v) is 8.45. The van der Waals surface area contributed by atoms with E-state index in [0.717, 1.165) is 37.3 Å². The van der Waals surface area contributed by atoms with Gasteiger partial charge in [-0.15, -0.1) is 0 Å². The number of rotatable bonds is 8. The third-order valence-corrected chi connectivity index (χ3v) is 10.2. The second-order valence-electron chi connectivity index (χ2n) is 14.6. The molecule has 7 nitrogen and oxygen atoms in total. The van der Waals surface area contributed by atoms with Gasteiger partial charge >= 0.3 is 0 Å². The van der Waals surface area contributed by atoms with Crippen LogP contribution in [0.4, 0.5) is 0 Å². The zero-order valence-corrected chi connectivity index (χ0v) is 26.6. The van der Waals surface area contributed by atoms with Crippen LogP contribution in [-0.4, -0.2) is 43.4 Å². The number of carbonyl (C=O) groups excluding carboxylic acids is 3. The third kappa shape index (κ3) is 4.45. The lowest BCUT2D eigenvalue weighted by Crippen LogP contribution is -2.69. The first-order chi connectivity index (χ1) is 19.3. The Hall–Kier alpha value is -2.93. The molecule has 0 spiro atoms. The summed E-state index contributed by atoms with van der Waals surface area (Å²) in [6.45, 7) is 16.7. The van der Waals surface area contributed by atoms with Crippen molar-refractivity contribution in [3.63, 3.8) is 0 Å². The molecule has 3 aliphatic carbocycles. The summed E-state index contributed by atoms with van der Waals surface area (Å²) in [6, 6.07) is 2.02. The first kappa shape index (κ1) is 32.0. The normalized spacial score (nSPS) is 29.4. The van der Waals surface area contributed by atoms with Gasteiger partial charge in [-0.3, -0.25) is 14.4 Å². The summed E-state index contributed by atoms with van der Waals surface area (Å²) in [6.07, 6.45) is 3.95. The number of hydrogen-bond donors (Lipinski definition) is 4. The number of aliphatic hydroxyl groups is 3. The number of aliphatic hydroxyl groups excluding tert-OH is 2. The van der Waals surface area contributed by atoms with Gasteiger partial charge in [0.25, 0.3) is 0 Å². The van der Waals surface area contributed by atoms with Crippen LogP contribution < -0.4 is 0 Å². The van der Waals surface area contributed by atoms with Crippen molar-refractivity contribution in [2.75, 3.05) is 0 Å². The Morgan fingerprint density at radius 2 is 1.64 bits per heavy atom. The maximum absolute atomic E-state index is 14.5. The molecule has 1 unspecified atom stereocenters. The number of fused-ring (bicyclic) bond motifs is 3. The van der Waals surface area contributed by atoms with Crippen LogP contribution in [0.2, 0.25) is 0 Å². The number of allylic oxidation sites excluding steroid dienone is 1. The number of aryl methyl sites for hydroxylation is 1. The summed E-state index contributed by atoms with van der Waals surface area (Å²) in [5.41, 5.74) is -3.05. The zero-order valence-electron chi connectivity index (χ0n) is 26.6. The van der Waals surface area contributed by atoms with Crippen molar-refractivity contribution in [2.24, 2.45) is 28.6 Å². The van der Waals surface area contributed by atoms with Gasteiger partial charge in [-0.05, 0) is 67.1 Å². The molecule has 1 saturated carbocycles. The van der Waals surface area contributed by atoms with E-state index in [1.807, 2.05) is 13.0 Å². The van der Waals surface area contributed by atoms with Crippen molar-refractivity contribution in [1.82, 2.24) is 0 Å². The van der Waals surface area contributed by atoms with Crippen molar-refractivity contribution in [3.05, 3.63) is 45.2 Å². The van der Waals surface area contributed by atoms with E-state index < -0.39 is 56.8 Å². The minimum absolute atomic E-state index is 0.0674. The summed E-state index contributed by atoms with van der Waals surface area (Å²) in [5.74, 6) is -4.27. The van der Waals surface area contributed by atoms with E-state index in [1.165, 1.54) is 0 Å². The van der Waals surface area contributed by atoms with Crippen molar-refractivity contribution >= 4 is 23.1 Å². The van der Waals surface area contributed by atoms with Gasteiger partial charge in [-0.25, -0.2) is 0 Å². The molecule has 0 amide bonds. The minimum Gasteiger partial charge on any atom is -0.508 e. The van der Waals surface area contributed by atoms with Crippen LogP contribution >= 0.6 is 0 Å². The Morgan fingerprint density at radius 3 is 2.17 bits per heavy atom. The number of benzene rings is 1. The molecule has 1 aromatic rings. The monoisotopic (exact) mass is 580 g/mol. The van der Waals surface area contributed by atoms with Gasteiger partial charge < -0.3 is 20.4 Å². The van der Waals surface area contributed by atoms with Crippen LogP contribution in [0.5, 0.6) is 5.75 Å². The molecule has 4 atom stereocenters. The standard InChI is InChI=1S/C35H48O7/c1-17(2)12-10-11-13-21-14-22(18(3)4)23-15-33(8)16-34(9)26(19(5)6)29(38)24(20(7)36)31(40)35(34,42)32(41)27(33)30(39)25(23)28(21)37/h14,17-19,26,37,39-40,42H,10-13,15-16H2,1-9H3/t26?,33-,34-,35+/m1/s1. The fraction of sp³-hybridized carbons (Fsp3) is 0.629. The molecule has 0 aromatic heterocycles. The van der Waals surface area contributed by atoms with Crippen LogP contribution in [0.25, 0.3) is 5.76 Å². The first-order valence-corrected chi connectivity index (χ1v) is 15.4. The lowest BCUT2D eigenvalue weighted by molar-refractivity contribution is -0.178. The number of phenolic OH excluding ortho intramolecular Hbond substituents is 1. The Labute approximate surface area is 249 Å². The molecule has 0 aliphatic heterocycles. The van der Waals surface area contributed by atoms with E-state index in [1.54, 1.807) is 20.8 Å². The van der Waals surface area contributed by atoms with E-state index in [-0.39, 0.29) is 35.1 Å². The van der Waals surface area contributed by atoms with Gasteiger partial charge in [0.15, 0.2) is 17.2 Å². The van der Waals surface area contributed by atoms with Crippen LogP contribution in [0.1, 0.15) is 116 Å². The van der Waals surface area contributed by atoms with Crippen molar-refractivity contribution < 1.29 is 34.8 Å². The second-order valence-corrected chi connectivity index (χ2v) is 14.6. The van der Waals surface area contributed by atoms with Crippen LogP contribution in [0, 0.1) is 28.6 Å². The fourth-order valence-electron chi connectivity index (χ4n) is 8.45. The predicted octanol–water partition coefficient (Wildman–Crippen LogP) is 6.68. The number of carbonyl (C=O) groups is 3. The molecule has 1 aromatic carbocycles. The van der Waals surface area contributed by atoms with Crippen LogP contribution in [-0.2, 0) is 27.2 Å². The maximum Gasteiger partial charge on any atom is 0.203 e. The lowest BCUT2D eigenvalue weighted by Gasteiger charge is -2.60. The molecule has 1 fully saturated rings. The van der Waals surface area contributed by atoms with Crippen molar-refractivity contribution in [2.45, 2.75) is 112 Å². The number of Topliss-reactive ketones (excluding diaryl/α,β-unsaturated/α-hetero) is 3. The molecule has 42 heavy (non-hydrogen) atoms. The van der Waals surface area contributed by atoms with Crippen LogP contribution in [0.3, 0.4) is 0 Å². The number of phenols is 1. The highest BCUT2D eigenvalue weighted by atomic mass is 16.3. The largest absolute Gasteiger partial charge is 0.508 e. The second kappa shape index (κ2) is 10.7. The van der Waals surface area contributed by atoms with E-state index in [2.05, 4.69) is 27.7 Å². The predicted molar refractivity (Wildman–Crippen MR) is 162 cm³/mol. The number of ketones is 3. The van der Waals surface area contributed by atoms with Gasteiger partial charge in [0.2, 0.25) is 5.78 Å². The maximum atomic E-state index is 14.5. The highest BCUT2D eigenvalue weighted by molar-refractivity contribution is 6.24. The summed E-state index contributed by atoms with van der Waals surface area (Å²) < 4.78 is 0. The Morgan fingerprint density at radius 1 is 1.02 bits per heavy atom. The minimum atomic E-state index is -2.60. The summed E-state index contributed by atoms with van der Waals surface area (Å²) in [7, 11) is 0. The van der Waals surface area contributed by atoms with Gasteiger partial charge in [0.05, 0.1) is 5.56 Å². The number of aromatic hydroxyl groups is 1. The molecule has 4 rings (SSSR count). The van der Waals surface area contributed by atoms with Crippen molar-refractivity contribution in [1.29, 1.82) is 0 Å².